The highest BCUT2D eigenvalue weighted by Crippen LogP contribution is 2.24. The Bertz CT molecular complexity index is 509. The number of aryl methyl sites for hydroxylation is 4. The Hall–Kier alpha value is -1.31. The lowest BCUT2D eigenvalue weighted by Gasteiger charge is -2.04. The summed E-state index contributed by atoms with van der Waals surface area (Å²) in [5.74, 6) is 0. The highest BCUT2D eigenvalue weighted by atomic mass is 15.0. The summed E-state index contributed by atoms with van der Waals surface area (Å²) in [6.07, 6.45) is 3.63. The van der Waals surface area contributed by atoms with E-state index in [1.165, 1.54) is 35.5 Å². The average Bonchev–Trinajstić information content (AvgIpc) is 2.60. The first-order chi connectivity index (χ1) is 6.75. The second-order valence-electron chi connectivity index (χ2n) is 4.23. The first-order valence-electron chi connectivity index (χ1n) is 5.23. The summed E-state index contributed by atoms with van der Waals surface area (Å²) >= 11 is 0. The zero-order chi connectivity index (χ0) is 9.71. The molecule has 2 aromatic rings. The Morgan fingerprint density at radius 3 is 2.93 bits per heavy atom. The molecular formula is C12H14N2. The molecule has 3 rings (SSSR count). The van der Waals surface area contributed by atoms with E-state index in [1.807, 2.05) is 0 Å². The second-order valence-corrected chi connectivity index (χ2v) is 4.23. The van der Waals surface area contributed by atoms with Crippen molar-refractivity contribution in [2.24, 2.45) is 0 Å². The van der Waals surface area contributed by atoms with E-state index in [0.29, 0.717) is 0 Å². The summed E-state index contributed by atoms with van der Waals surface area (Å²) < 4.78 is 2.31. The normalized spacial score (nSPS) is 15.0. The van der Waals surface area contributed by atoms with Gasteiger partial charge in [-0.2, -0.15) is 0 Å². The first kappa shape index (κ1) is 8.04. The van der Waals surface area contributed by atoms with Crippen molar-refractivity contribution >= 4 is 5.65 Å². The summed E-state index contributed by atoms with van der Waals surface area (Å²) in [4.78, 5) is 4.68. The summed E-state index contributed by atoms with van der Waals surface area (Å²) in [5, 5.41) is 0. The number of rotatable bonds is 0. The lowest BCUT2D eigenvalue weighted by Crippen LogP contribution is -1.96. The highest BCUT2D eigenvalue weighted by Gasteiger charge is 2.18. The molecule has 0 unspecified atom stereocenters. The Labute approximate surface area is 83.6 Å². The highest BCUT2D eigenvalue weighted by molar-refractivity contribution is 5.48. The van der Waals surface area contributed by atoms with E-state index >= 15 is 0 Å². The van der Waals surface area contributed by atoms with E-state index in [2.05, 4.69) is 35.4 Å². The van der Waals surface area contributed by atoms with Crippen molar-refractivity contribution in [3.63, 3.8) is 0 Å². The molecular weight excluding hydrogens is 172 g/mol. The minimum atomic E-state index is 1.13. The van der Waals surface area contributed by atoms with Gasteiger partial charge in [0.1, 0.15) is 5.65 Å². The molecule has 0 aromatic carbocycles. The second kappa shape index (κ2) is 2.59. The van der Waals surface area contributed by atoms with Gasteiger partial charge in [0.15, 0.2) is 0 Å². The molecule has 0 fully saturated rings. The van der Waals surface area contributed by atoms with Gasteiger partial charge in [-0.25, -0.2) is 4.98 Å². The third kappa shape index (κ3) is 0.939. The minimum absolute atomic E-state index is 1.13. The Morgan fingerprint density at radius 2 is 2.07 bits per heavy atom. The van der Waals surface area contributed by atoms with Crippen LogP contribution in [0.15, 0.2) is 12.1 Å². The fourth-order valence-corrected chi connectivity index (χ4v) is 2.53. The van der Waals surface area contributed by atoms with Crippen molar-refractivity contribution in [3.8, 4) is 0 Å². The molecule has 2 nitrogen and oxygen atoms in total. The number of fused-ring (bicyclic) bond motifs is 3. The van der Waals surface area contributed by atoms with Crippen LogP contribution in [0.4, 0.5) is 0 Å². The van der Waals surface area contributed by atoms with Gasteiger partial charge >= 0.3 is 0 Å². The summed E-state index contributed by atoms with van der Waals surface area (Å²) in [6.45, 7) is 4.30. The number of hydrogen-bond acceptors (Lipinski definition) is 1. The van der Waals surface area contributed by atoms with Gasteiger partial charge in [-0.15, -0.1) is 0 Å². The standard InChI is InChI=1S/C12H14N2/c1-8-6-9(2)14-11-5-3-4-10(11)13-12(14)7-8/h6-7H,3-5H2,1-2H3. The molecule has 0 saturated carbocycles. The van der Waals surface area contributed by atoms with Crippen molar-refractivity contribution in [1.29, 1.82) is 0 Å². The van der Waals surface area contributed by atoms with Gasteiger partial charge in [-0.3, -0.25) is 0 Å². The molecule has 72 valence electrons. The van der Waals surface area contributed by atoms with Crippen molar-refractivity contribution < 1.29 is 0 Å². The molecule has 2 heteroatoms. The molecule has 0 atom stereocenters. The molecule has 2 aromatic heterocycles. The van der Waals surface area contributed by atoms with Crippen LogP contribution in [0.5, 0.6) is 0 Å². The summed E-state index contributed by atoms with van der Waals surface area (Å²) in [6, 6.07) is 4.40. The van der Waals surface area contributed by atoms with Crippen LogP contribution in [0.1, 0.15) is 29.1 Å². The smallest absolute Gasteiger partial charge is 0.137 e. The quantitative estimate of drug-likeness (QED) is 0.617. The van der Waals surface area contributed by atoms with Gasteiger partial charge in [0.2, 0.25) is 0 Å². The molecule has 1 aliphatic carbocycles. The van der Waals surface area contributed by atoms with Crippen molar-refractivity contribution in [2.45, 2.75) is 33.1 Å². The van der Waals surface area contributed by atoms with Gasteiger partial charge in [-0.05, 0) is 50.8 Å². The Balaban J connectivity index is 2.43. The third-order valence-electron chi connectivity index (χ3n) is 3.05. The van der Waals surface area contributed by atoms with Crippen LogP contribution in [-0.4, -0.2) is 9.38 Å². The number of nitrogens with zero attached hydrogens (tertiary/aromatic N) is 2. The molecule has 14 heavy (non-hydrogen) atoms. The number of hydrogen-bond donors (Lipinski definition) is 0. The van der Waals surface area contributed by atoms with Gasteiger partial charge < -0.3 is 4.40 Å². The van der Waals surface area contributed by atoms with Gasteiger partial charge in [0.05, 0.1) is 5.69 Å². The van der Waals surface area contributed by atoms with Crippen molar-refractivity contribution in [3.05, 3.63) is 34.8 Å². The lowest BCUT2D eigenvalue weighted by atomic mass is 10.2. The van der Waals surface area contributed by atoms with Gasteiger partial charge in [0.25, 0.3) is 0 Å². The maximum absolute atomic E-state index is 4.68. The topological polar surface area (TPSA) is 17.3 Å². The molecule has 0 N–H and O–H groups in total. The van der Waals surface area contributed by atoms with Gasteiger partial charge in [-0.1, -0.05) is 0 Å². The van der Waals surface area contributed by atoms with Crippen LogP contribution in [0, 0.1) is 13.8 Å². The minimum Gasteiger partial charge on any atom is -0.301 e. The lowest BCUT2D eigenvalue weighted by molar-refractivity contribution is 0.861. The molecule has 0 bridgehead atoms. The molecule has 0 radical (unpaired) electrons. The van der Waals surface area contributed by atoms with Crippen LogP contribution in [-0.2, 0) is 12.8 Å². The van der Waals surface area contributed by atoms with Crippen molar-refractivity contribution in [2.75, 3.05) is 0 Å². The number of imidazole rings is 1. The molecule has 0 saturated heterocycles. The average molecular weight is 186 g/mol. The maximum atomic E-state index is 4.68. The van der Waals surface area contributed by atoms with Gasteiger partial charge in [0, 0.05) is 11.4 Å². The first-order valence-corrected chi connectivity index (χ1v) is 5.23. The van der Waals surface area contributed by atoms with Crippen LogP contribution in [0.3, 0.4) is 0 Å². The van der Waals surface area contributed by atoms with Crippen LogP contribution in [0.2, 0.25) is 0 Å². The predicted octanol–water partition coefficient (Wildman–Crippen LogP) is 2.44. The van der Waals surface area contributed by atoms with E-state index in [9.17, 15) is 0 Å². The predicted molar refractivity (Wildman–Crippen MR) is 56.7 cm³/mol. The summed E-state index contributed by atoms with van der Waals surface area (Å²) in [5.41, 5.74) is 6.51. The van der Waals surface area contributed by atoms with Crippen molar-refractivity contribution in [1.82, 2.24) is 9.38 Å². The monoisotopic (exact) mass is 186 g/mol. The fraction of sp³-hybridized carbons (Fsp3) is 0.417. The zero-order valence-electron chi connectivity index (χ0n) is 8.67. The maximum Gasteiger partial charge on any atom is 0.137 e. The van der Waals surface area contributed by atoms with Crippen LogP contribution >= 0.6 is 0 Å². The van der Waals surface area contributed by atoms with E-state index < -0.39 is 0 Å². The van der Waals surface area contributed by atoms with Crippen LogP contribution in [0.25, 0.3) is 5.65 Å². The number of aromatic nitrogens is 2. The third-order valence-corrected chi connectivity index (χ3v) is 3.05. The molecule has 0 amide bonds. The Kier molecular flexibility index (Phi) is 1.49. The Morgan fingerprint density at radius 1 is 1.21 bits per heavy atom. The molecule has 1 aliphatic rings. The SMILES string of the molecule is Cc1cc(C)n2c3c(nc2c1)CCC3. The molecule has 0 spiro atoms. The van der Waals surface area contributed by atoms with E-state index in [-0.39, 0.29) is 0 Å². The molecule has 2 heterocycles. The van der Waals surface area contributed by atoms with E-state index in [0.717, 1.165) is 12.1 Å². The number of pyridine rings is 1. The largest absolute Gasteiger partial charge is 0.301 e. The molecule has 0 aliphatic heterocycles. The van der Waals surface area contributed by atoms with E-state index in [1.54, 1.807) is 0 Å². The summed E-state index contributed by atoms with van der Waals surface area (Å²) in [7, 11) is 0. The van der Waals surface area contributed by atoms with E-state index in [4.69, 9.17) is 0 Å². The zero-order valence-corrected chi connectivity index (χ0v) is 8.67. The fourth-order valence-electron chi connectivity index (χ4n) is 2.53. The van der Waals surface area contributed by atoms with Crippen LogP contribution < -0.4 is 0 Å².